The summed E-state index contributed by atoms with van der Waals surface area (Å²) in [7, 11) is 4.17. The SMILES string of the molecule is COc1cn(-c2cccc(C(F)(F)F)c2)nc1C(=O)Nc1cc(F)c(N(C)C)c(F)c1. The number of hydrogen-bond acceptors (Lipinski definition) is 4. The minimum atomic E-state index is -4.56. The summed E-state index contributed by atoms with van der Waals surface area (Å²) >= 11 is 0. The number of nitrogens with one attached hydrogen (secondary N) is 1. The molecule has 0 aliphatic heterocycles. The first-order chi connectivity index (χ1) is 14.5. The minimum Gasteiger partial charge on any atom is -0.493 e. The fourth-order valence-electron chi connectivity index (χ4n) is 2.88. The zero-order valence-corrected chi connectivity index (χ0v) is 16.6. The third-order valence-electron chi connectivity index (χ3n) is 4.28. The maximum Gasteiger partial charge on any atom is 0.416 e. The number of hydrogen-bond donors (Lipinski definition) is 1. The number of ether oxygens (including phenoxy) is 1. The van der Waals surface area contributed by atoms with Gasteiger partial charge in [-0.25, -0.2) is 13.5 Å². The Balaban J connectivity index is 1.92. The van der Waals surface area contributed by atoms with E-state index in [0.717, 1.165) is 28.9 Å². The number of alkyl halides is 3. The van der Waals surface area contributed by atoms with Crippen LogP contribution < -0.4 is 15.0 Å². The van der Waals surface area contributed by atoms with E-state index in [1.807, 2.05) is 0 Å². The van der Waals surface area contributed by atoms with Crippen LogP contribution in [0.2, 0.25) is 0 Å². The number of amides is 1. The second kappa shape index (κ2) is 8.25. The Morgan fingerprint density at radius 3 is 2.32 bits per heavy atom. The van der Waals surface area contributed by atoms with Crippen LogP contribution in [0.25, 0.3) is 5.69 Å². The summed E-state index contributed by atoms with van der Waals surface area (Å²) in [6, 6.07) is 6.20. The van der Waals surface area contributed by atoms with Gasteiger partial charge in [0.2, 0.25) is 0 Å². The highest BCUT2D eigenvalue weighted by Crippen LogP contribution is 2.31. The molecular formula is C20H17F5N4O2. The third kappa shape index (κ3) is 4.60. The van der Waals surface area contributed by atoms with Gasteiger partial charge in [0.1, 0.15) is 5.69 Å². The lowest BCUT2D eigenvalue weighted by atomic mass is 10.2. The smallest absolute Gasteiger partial charge is 0.416 e. The monoisotopic (exact) mass is 440 g/mol. The third-order valence-corrected chi connectivity index (χ3v) is 4.28. The topological polar surface area (TPSA) is 59.4 Å². The van der Waals surface area contributed by atoms with Crippen molar-refractivity contribution in [1.29, 1.82) is 0 Å². The molecule has 0 saturated carbocycles. The second-order valence-electron chi connectivity index (χ2n) is 6.68. The minimum absolute atomic E-state index is 0.0410. The van der Waals surface area contributed by atoms with Gasteiger partial charge in [0.05, 0.1) is 24.6 Å². The van der Waals surface area contributed by atoms with Crippen LogP contribution >= 0.6 is 0 Å². The van der Waals surface area contributed by atoms with E-state index < -0.39 is 29.3 Å². The molecule has 6 nitrogen and oxygen atoms in total. The van der Waals surface area contributed by atoms with E-state index in [1.54, 1.807) is 0 Å². The Labute approximate surface area is 173 Å². The van der Waals surface area contributed by atoms with Crippen molar-refractivity contribution in [3.05, 3.63) is 65.5 Å². The molecule has 0 bridgehead atoms. The molecule has 0 fully saturated rings. The van der Waals surface area contributed by atoms with Crippen LogP contribution in [0.3, 0.4) is 0 Å². The summed E-state index contributed by atoms with van der Waals surface area (Å²) < 4.78 is 73.3. The van der Waals surface area contributed by atoms with Gasteiger partial charge in [0.15, 0.2) is 23.1 Å². The normalized spacial score (nSPS) is 11.4. The van der Waals surface area contributed by atoms with Crippen molar-refractivity contribution < 1.29 is 31.5 Å². The average molecular weight is 440 g/mol. The maximum absolute atomic E-state index is 14.2. The molecule has 3 rings (SSSR count). The molecule has 3 aromatic rings. The Bertz CT molecular complexity index is 1100. The van der Waals surface area contributed by atoms with Gasteiger partial charge in [0.25, 0.3) is 5.91 Å². The van der Waals surface area contributed by atoms with Gasteiger partial charge in [-0.1, -0.05) is 6.07 Å². The number of aromatic nitrogens is 2. The van der Waals surface area contributed by atoms with Crippen LogP contribution in [0.1, 0.15) is 16.1 Å². The van der Waals surface area contributed by atoms with Gasteiger partial charge >= 0.3 is 6.18 Å². The molecule has 1 N–H and O–H groups in total. The second-order valence-corrected chi connectivity index (χ2v) is 6.68. The van der Waals surface area contributed by atoms with E-state index in [-0.39, 0.29) is 28.5 Å². The zero-order valence-electron chi connectivity index (χ0n) is 16.6. The van der Waals surface area contributed by atoms with Crippen molar-refractivity contribution in [2.45, 2.75) is 6.18 Å². The van der Waals surface area contributed by atoms with Crippen LogP contribution in [-0.2, 0) is 6.18 Å². The first kappa shape index (κ1) is 22.1. The van der Waals surface area contributed by atoms with E-state index >= 15 is 0 Å². The van der Waals surface area contributed by atoms with Crippen LogP contribution in [0.15, 0.2) is 42.6 Å². The molecule has 0 spiro atoms. The van der Waals surface area contributed by atoms with Crippen LogP contribution in [0.5, 0.6) is 5.75 Å². The van der Waals surface area contributed by atoms with Crippen molar-refractivity contribution in [3.63, 3.8) is 0 Å². The molecule has 0 saturated heterocycles. The van der Waals surface area contributed by atoms with Crippen LogP contribution in [0.4, 0.5) is 33.3 Å². The molecule has 2 aromatic carbocycles. The van der Waals surface area contributed by atoms with Crippen molar-refractivity contribution in [2.24, 2.45) is 0 Å². The number of rotatable bonds is 5. The van der Waals surface area contributed by atoms with Crippen molar-refractivity contribution in [3.8, 4) is 11.4 Å². The highest BCUT2D eigenvalue weighted by molar-refractivity contribution is 6.04. The predicted molar refractivity (Wildman–Crippen MR) is 104 cm³/mol. The Hall–Kier alpha value is -3.63. The molecule has 0 aliphatic rings. The number of anilines is 2. The van der Waals surface area contributed by atoms with Gasteiger partial charge < -0.3 is 15.0 Å². The average Bonchev–Trinajstić information content (AvgIpc) is 3.11. The number of halogens is 5. The van der Waals surface area contributed by atoms with E-state index in [9.17, 15) is 26.7 Å². The van der Waals surface area contributed by atoms with Gasteiger partial charge in [0, 0.05) is 19.8 Å². The van der Waals surface area contributed by atoms with Crippen LogP contribution in [-0.4, -0.2) is 36.9 Å². The molecule has 0 atom stereocenters. The van der Waals surface area contributed by atoms with Gasteiger partial charge in [-0.05, 0) is 30.3 Å². The highest BCUT2D eigenvalue weighted by atomic mass is 19.4. The van der Waals surface area contributed by atoms with E-state index in [2.05, 4.69) is 10.4 Å². The lowest BCUT2D eigenvalue weighted by Gasteiger charge is -2.15. The Morgan fingerprint density at radius 2 is 1.77 bits per heavy atom. The van der Waals surface area contributed by atoms with Crippen molar-refractivity contribution in [2.75, 3.05) is 31.4 Å². The summed E-state index contributed by atoms with van der Waals surface area (Å²) in [6.45, 7) is 0. The van der Waals surface area contributed by atoms with Crippen molar-refractivity contribution in [1.82, 2.24) is 9.78 Å². The molecular weight excluding hydrogens is 423 g/mol. The summed E-state index contributed by atoms with van der Waals surface area (Å²) in [6.07, 6.45) is -3.33. The fourth-order valence-corrected chi connectivity index (χ4v) is 2.88. The standard InChI is InChI=1S/C20H17F5N4O2/c1-28(2)18-14(21)8-12(9-15(18)22)26-19(30)17-16(31-3)10-29(27-17)13-6-4-5-11(7-13)20(23,24)25/h4-10H,1-3H3,(H,26,30). The predicted octanol–water partition coefficient (Wildman–Crippen LogP) is 4.50. The Kier molecular flexibility index (Phi) is 5.87. The van der Waals surface area contributed by atoms with E-state index in [4.69, 9.17) is 4.74 Å². The first-order valence-electron chi connectivity index (χ1n) is 8.80. The summed E-state index contributed by atoms with van der Waals surface area (Å²) in [4.78, 5) is 13.8. The van der Waals surface area contributed by atoms with Crippen molar-refractivity contribution >= 4 is 17.3 Å². The van der Waals surface area contributed by atoms with E-state index in [1.165, 1.54) is 44.4 Å². The largest absolute Gasteiger partial charge is 0.493 e. The number of methoxy groups -OCH3 is 1. The molecule has 164 valence electrons. The molecule has 1 amide bonds. The lowest BCUT2D eigenvalue weighted by molar-refractivity contribution is -0.137. The molecule has 0 unspecified atom stereocenters. The molecule has 31 heavy (non-hydrogen) atoms. The van der Waals surface area contributed by atoms with Crippen LogP contribution in [0, 0.1) is 11.6 Å². The highest BCUT2D eigenvalue weighted by Gasteiger charge is 2.31. The number of carbonyl (C=O) groups is 1. The number of nitrogens with zero attached hydrogens (tertiary/aromatic N) is 3. The fraction of sp³-hybridized carbons (Fsp3) is 0.200. The molecule has 1 heterocycles. The zero-order chi connectivity index (χ0) is 22.9. The molecule has 1 aromatic heterocycles. The van der Waals surface area contributed by atoms with E-state index in [0.29, 0.717) is 0 Å². The lowest BCUT2D eigenvalue weighted by Crippen LogP contribution is -2.16. The number of carbonyl (C=O) groups excluding carboxylic acids is 1. The number of benzene rings is 2. The molecule has 0 radical (unpaired) electrons. The van der Waals surface area contributed by atoms with Gasteiger partial charge in [-0.15, -0.1) is 0 Å². The summed E-state index contributed by atoms with van der Waals surface area (Å²) in [5.74, 6) is -2.68. The van der Waals surface area contributed by atoms with Gasteiger partial charge in [-0.2, -0.15) is 18.3 Å². The first-order valence-corrected chi connectivity index (χ1v) is 8.80. The summed E-state index contributed by atoms with van der Waals surface area (Å²) in [5.41, 5.74) is -1.57. The molecule has 0 aliphatic carbocycles. The maximum atomic E-state index is 14.2. The quantitative estimate of drug-likeness (QED) is 0.594. The van der Waals surface area contributed by atoms with Gasteiger partial charge in [-0.3, -0.25) is 4.79 Å². The summed E-state index contributed by atoms with van der Waals surface area (Å²) in [5, 5.41) is 6.29. The molecule has 11 heteroatoms. The Morgan fingerprint density at radius 1 is 1.13 bits per heavy atom.